The molecule has 0 bridgehead atoms. The topological polar surface area (TPSA) is 81.8 Å². The lowest BCUT2D eigenvalue weighted by molar-refractivity contribution is -0.136. The first-order chi connectivity index (χ1) is 16.9. The number of likely N-dealkylation sites (tertiary alicyclic amines) is 2. The fourth-order valence-corrected chi connectivity index (χ4v) is 5.13. The van der Waals surface area contributed by atoms with Gasteiger partial charge in [0, 0.05) is 42.5 Å². The highest BCUT2D eigenvalue weighted by Gasteiger charge is 2.36. The molecular weight excluding hydrogens is 464 g/mol. The first kappa shape index (κ1) is 25.0. The summed E-state index contributed by atoms with van der Waals surface area (Å²) in [6, 6.07) is 13.7. The molecule has 4 amide bonds. The SMILES string of the molecule is Cc1ccccc1C(=O)N[C@@H](C(=O)N1CCCCC1)C1CCN(C(=O)Nc2cccc(Cl)c2)CC1. The van der Waals surface area contributed by atoms with Crippen molar-refractivity contribution in [3.05, 3.63) is 64.7 Å². The number of hydrogen-bond acceptors (Lipinski definition) is 3. The van der Waals surface area contributed by atoms with Crippen LogP contribution in [0.4, 0.5) is 10.5 Å². The number of aryl methyl sites for hydroxylation is 1. The van der Waals surface area contributed by atoms with Crippen LogP contribution in [0.25, 0.3) is 0 Å². The second-order valence-corrected chi connectivity index (χ2v) is 9.85. The van der Waals surface area contributed by atoms with E-state index in [4.69, 9.17) is 11.6 Å². The zero-order chi connectivity index (χ0) is 24.8. The molecule has 35 heavy (non-hydrogen) atoms. The molecule has 2 fully saturated rings. The van der Waals surface area contributed by atoms with Gasteiger partial charge in [0.25, 0.3) is 5.91 Å². The van der Waals surface area contributed by atoms with Crippen molar-refractivity contribution >= 4 is 35.1 Å². The number of piperidine rings is 2. The smallest absolute Gasteiger partial charge is 0.321 e. The van der Waals surface area contributed by atoms with Crippen LogP contribution in [0, 0.1) is 12.8 Å². The highest BCUT2D eigenvalue weighted by molar-refractivity contribution is 6.30. The summed E-state index contributed by atoms with van der Waals surface area (Å²) >= 11 is 6.02. The standard InChI is InChI=1S/C27H33ClN4O3/c1-19-8-3-4-11-23(19)25(33)30-24(26(34)31-14-5-2-6-15-31)20-12-16-32(17-13-20)27(35)29-22-10-7-9-21(28)18-22/h3-4,7-11,18,20,24H,2,5-6,12-17H2,1H3,(H,29,35)(H,30,33)/t24-/m1/s1. The Morgan fingerprint density at radius 2 is 1.63 bits per heavy atom. The van der Waals surface area contributed by atoms with E-state index in [1.807, 2.05) is 30.0 Å². The molecular formula is C27H33ClN4O3. The van der Waals surface area contributed by atoms with Crippen molar-refractivity contribution in [1.29, 1.82) is 0 Å². The Morgan fingerprint density at radius 3 is 2.31 bits per heavy atom. The molecule has 2 heterocycles. The van der Waals surface area contributed by atoms with Gasteiger partial charge in [-0.2, -0.15) is 0 Å². The summed E-state index contributed by atoms with van der Waals surface area (Å²) in [6.45, 7) is 4.39. The lowest BCUT2D eigenvalue weighted by Gasteiger charge is -2.38. The molecule has 0 saturated carbocycles. The van der Waals surface area contributed by atoms with Gasteiger partial charge in [-0.15, -0.1) is 0 Å². The van der Waals surface area contributed by atoms with Crippen molar-refractivity contribution in [3.63, 3.8) is 0 Å². The Morgan fingerprint density at radius 1 is 0.914 bits per heavy atom. The number of rotatable bonds is 5. The fourth-order valence-electron chi connectivity index (χ4n) is 4.94. The lowest BCUT2D eigenvalue weighted by atomic mass is 9.87. The van der Waals surface area contributed by atoms with E-state index < -0.39 is 6.04 Å². The van der Waals surface area contributed by atoms with Crippen LogP contribution in [0.2, 0.25) is 5.02 Å². The van der Waals surface area contributed by atoms with Crippen molar-refractivity contribution in [2.75, 3.05) is 31.5 Å². The van der Waals surface area contributed by atoms with E-state index in [2.05, 4.69) is 10.6 Å². The van der Waals surface area contributed by atoms with Gasteiger partial charge in [0.1, 0.15) is 6.04 Å². The molecule has 186 valence electrons. The van der Waals surface area contributed by atoms with Gasteiger partial charge in [0.15, 0.2) is 0 Å². The molecule has 4 rings (SSSR count). The quantitative estimate of drug-likeness (QED) is 0.629. The maximum atomic E-state index is 13.5. The normalized spacial score (nSPS) is 17.5. The van der Waals surface area contributed by atoms with Crippen LogP contribution in [-0.4, -0.2) is 59.9 Å². The number of nitrogens with zero attached hydrogens (tertiary/aromatic N) is 2. The Hall–Kier alpha value is -3.06. The number of urea groups is 1. The Labute approximate surface area is 211 Å². The van der Waals surface area contributed by atoms with Crippen molar-refractivity contribution in [2.45, 2.75) is 45.1 Å². The molecule has 1 atom stereocenters. The van der Waals surface area contributed by atoms with Crippen LogP contribution in [0.5, 0.6) is 0 Å². The fraction of sp³-hybridized carbons (Fsp3) is 0.444. The van der Waals surface area contributed by atoms with Gasteiger partial charge in [-0.1, -0.05) is 35.9 Å². The van der Waals surface area contributed by atoms with Crippen molar-refractivity contribution in [2.24, 2.45) is 5.92 Å². The van der Waals surface area contributed by atoms with E-state index in [1.165, 1.54) is 0 Å². The average molecular weight is 497 g/mol. The van der Waals surface area contributed by atoms with E-state index in [-0.39, 0.29) is 23.8 Å². The van der Waals surface area contributed by atoms with Gasteiger partial charge >= 0.3 is 6.03 Å². The molecule has 2 aromatic carbocycles. The van der Waals surface area contributed by atoms with E-state index in [9.17, 15) is 14.4 Å². The van der Waals surface area contributed by atoms with Crippen LogP contribution in [0.15, 0.2) is 48.5 Å². The number of carbonyl (C=O) groups excluding carboxylic acids is 3. The molecule has 2 aromatic rings. The third kappa shape index (κ3) is 6.34. The van der Waals surface area contributed by atoms with Crippen LogP contribution in [0.1, 0.15) is 48.0 Å². The van der Waals surface area contributed by atoms with E-state index in [0.717, 1.165) is 37.9 Å². The largest absolute Gasteiger partial charge is 0.341 e. The highest BCUT2D eigenvalue weighted by atomic mass is 35.5. The first-order valence-corrected chi connectivity index (χ1v) is 12.8. The molecule has 7 nitrogen and oxygen atoms in total. The lowest BCUT2D eigenvalue weighted by Crippen LogP contribution is -2.55. The minimum Gasteiger partial charge on any atom is -0.341 e. The molecule has 0 aromatic heterocycles. The van der Waals surface area contributed by atoms with Crippen molar-refractivity contribution in [3.8, 4) is 0 Å². The molecule has 2 N–H and O–H groups in total. The molecule has 0 radical (unpaired) electrons. The highest BCUT2D eigenvalue weighted by Crippen LogP contribution is 2.25. The van der Waals surface area contributed by atoms with Gasteiger partial charge < -0.3 is 20.4 Å². The van der Waals surface area contributed by atoms with E-state index in [1.54, 1.807) is 35.2 Å². The molecule has 8 heteroatoms. The van der Waals surface area contributed by atoms with Gasteiger partial charge in [0.05, 0.1) is 0 Å². The van der Waals surface area contributed by atoms with Crippen LogP contribution < -0.4 is 10.6 Å². The maximum Gasteiger partial charge on any atom is 0.321 e. The number of amides is 4. The monoisotopic (exact) mass is 496 g/mol. The second-order valence-electron chi connectivity index (χ2n) is 9.42. The summed E-state index contributed by atoms with van der Waals surface area (Å²) in [4.78, 5) is 43.1. The summed E-state index contributed by atoms with van der Waals surface area (Å²) < 4.78 is 0. The van der Waals surface area contributed by atoms with Crippen LogP contribution in [0.3, 0.4) is 0 Å². The Bertz CT molecular complexity index is 1060. The summed E-state index contributed by atoms with van der Waals surface area (Å²) in [5, 5.41) is 6.52. The molecule has 2 saturated heterocycles. The molecule has 0 unspecified atom stereocenters. The number of halogens is 1. The third-order valence-corrected chi connectivity index (χ3v) is 7.22. The van der Waals surface area contributed by atoms with E-state index >= 15 is 0 Å². The predicted molar refractivity (Wildman–Crippen MR) is 138 cm³/mol. The van der Waals surface area contributed by atoms with Gasteiger partial charge in [-0.25, -0.2) is 4.79 Å². The van der Waals surface area contributed by atoms with E-state index in [0.29, 0.717) is 42.2 Å². The maximum absolute atomic E-state index is 13.5. The minimum absolute atomic E-state index is 0.00605. The first-order valence-electron chi connectivity index (χ1n) is 12.4. The minimum atomic E-state index is -0.599. The summed E-state index contributed by atoms with van der Waals surface area (Å²) in [6.07, 6.45) is 4.39. The summed E-state index contributed by atoms with van der Waals surface area (Å²) in [7, 11) is 0. The summed E-state index contributed by atoms with van der Waals surface area (Å²) in [5.41, 5.74) is 2.11. The molecule has 2 aliphatic rings. The van der Waals surface area contributed by atoms with Crippen molar-refractivity contribution < 1.29 is 14.4 Å². The zero-order valence-electron chi connectivity index (χ0n) is 20.1. The third-order valence-electron chi connectivity index (χ3n) is 6.98. The molecule has 0 spiro atoms. The average Bonchev–Trinajstić information content (AvgIpc) is 2.87. The Balaban J connectivity index is 1.43. The van der Waals surface area contributed by atoms with Crippen molar-refractivity contribution in [1.82, 2.24) is 15.1 Å². The van der Waals surface area contributed by atoms with Crippen LogP contribution in [-0.2, 0) is 4.79 Å². The van der Waals surface area contributed by atoms with Gasteiger partial charge in [0.2, 0.25) is 5.91 Å². The number of hydrogen-bond donors (Lipinski definition) is 2. The number of carbonyl (C=O) groups is 3. The van der Waals surface area contributed by atoms with Crippen LogP contribution >= 0.6 is 11.6 Å². The number of benzene rings is 2. The second kappa shape index (κ2) is 11.6. The Kier molecular flexibility index (Phi) is 8.29. The zero-order valence-corrected chi connectivity index (χ0v) is 20.9. The molecule has 2 aliphatic heterocycles. The van der Waals surface area contributed by atoms with Gasteiger partial charge in [-0.05, 0) is 74.8 Å². The number of anilines is 1. The number of nitrogens with one attached hydrogen (secondary N) is 2. The molecule has 0 aliphatic carbocycles. The van der Waals surface area contributed by atoms with Gasteiger partial charge in [-0.3, -0.25) is 9.59 Å². The summed E-state index contributed by atoms with van der Waals surface area (Å²) in [5.74, 6) is -0.263. The predicted octanol–water partition coefficient (Wildman–Crippen LogP) is 4.70.